The first-order chi connectivity index (χ1) is 11.2. The van der Waals surface area contributed by atoms with Gasteiger partial charge in [0.1, 0.15) is 11.4 Å². The highest BCUT2D eigenvalue weighted by atomic mass is 16.5. The monoisotopic (exact) mass is 306 g/mol. The number of pyridine rings is 1. The number of anilines is 1. The van der Waals surface area contributed by atoms with Crippen LogP contribution in [0, 0.1) is 0 Å². The van der Waals surface area contributed by atoms with Crippen LogP contribution in [0.15, 0.2) is 53.3 Å². The fraction of sp³-hybridized carbons (Fsp3) is 0.111. The number of H-pyrrole nitrogens is 1. The Hall–Kier alpha value is -3.08. The summed E-state index contributed by atoms with van der Waals surface area (Å²) < 4.78 is 5.45. The molecule has 0 spiro atoms. The summed E-state index contributed by atoms with van der Waals surface area (Å²) in [4.78, 5) is 27.1. The summed E-state index contributed by atoms with van der Waals surface area (Å²) in [6, 6.07) is 14.4. The van der Waals surface area contributed by atoms with E-state index in [0.29, 0.717) is 17.7 Å². The van der Waals surface area contributed by atoms with Gasteiger partial charge in [0.05, 0.1) is 6.61 Å². The van der Waals surface area contributed by atoms with Crippen LogP contribution in [-0.4, -0.2) is 17.5 Å². The maximum Gasteiger partial charge on any atom is 0.272 e. The molecule has 4 rings (SSSR count). The molecular weight excluding hydrogens is 292 g/mol. The van der Waals surface area contributed by atoms with E-state index >= 15 is 0 Å². The summed E-state index contributed by atoms with van der Waals surface area (Å²) in [5, 5.41) is 4.12. The van der Waals surface area contributed by atoms with Crippen molar-refractivity contribution in [2.24, 2.45) is 0 Å². The molecule has 2 N–H and O–H groups in total. The standard InChI is InChI=1S/C18H14N2O3/c21-17-14-4-2-1-3-11(14)10-15(20-17)18(22)19-13-5-6-16-12(9-13)7-8-23-16/h1-6,9-10H,7-8H2,(H,19,22)(H,20,21). The number of benzene rings is 2. The lowest BCUT2D eigenvalue weighted by molar-refractivity contribution is 0.102. The Morgan fingerprint density at radius 1 is 1.13 bits per heavy atom. The maximum atomic E-state index is 12.4. The number of nitrogens with one attached hydrogen (secondary N) is 2. The molecule has 5 heteroatoms. The molecule has 0 bridgehead atoms. The molecule has 0 atom stereocenters. The number of carbonyl (C=O) groups excluding carboxylic acids is 1. The first kappa shape index (κ1) is 13.6. The van der Waals surface area contributed by atoms with Crippen LogP contribution in [0.25, 0.3) is 10.8 Å². The lowest BCUT2D eigenvalue weighted by Crippen LogP contribution is -2.18. The topological polar surface area (TPSA) is 71.2 Å². The molecule has 1 aliphatic heterocycles. The Morgan fingerprint density at radius 3 is 2.91 bits per heavy atom. The molecule has 2 heterocycles. The van der Waals surface area contributed by atoms with Gasteiger partial charge in [-0.1, -0.05) is 18.2 Å². The number of fused-ring (bicyclic) bond motifs is 2. The number of hydrogen-bond acceptors (Lipinski definition) is 3. The van der Waals surface area contributed by atoms with E-state index in [1.165, 1.54) is 0 Å². The van der Waals surface area contributed by atoms with Crippen molar-refractivity contribution < 1.29 is 9.53 Å². The molecule has 0 aliphatic carbocycles. The zero-order chi connectivity index (χ0) is 15.8. The summed E-state index contributed by atoms with van der Waals surface area (Å²) in [6.07, 6.45) is 0.839. The van der Waals surface area contributed by atoms with E-state index in [-0.39, 0.29) is 17.2 Å². The average molecular weight is 306 g/mol. The molecule has 1 aromatic heterocycles. The minimum Gasteiger partial charge on any atom is -0.493 e. The van der Waals surface area contributed by atoms with Crippen molar-refractivity contribution in [1.29, 1.82) is 0 Å². The Labute approximate surface area is 131 Å². The highest BCUT2D eigenvalue weighted by Gasteiger charge is 2.14. The molecular formula is C18H14N2O3. The highest BCUT2D eigenvalue weighted by Crippen LogP contribution is 2.28. The normalized spacial score (nSPS) is 12.7. The van der Waals surface area contributed by atoms with Gasteiger partial charge in [0, 0.05) is 17.5 Å². The first-order valence-electron chi connectivity index (χ1n) is 7.40. The van der Waals surface area contributed by atoms with Crippen molar-refractivity contribution in [3.63, 3.8) is 0 Å². The van der Waals surface area contributed by atoms with Gasteiger partial charge in [-0.2, -0.15) is 0 Å². The molecule has 0 saturated carbocycles. The van der Waals surface area contributed by atoms with Crippen LogP contribution in [0.1, 0.15) is 16.1 Å². The molecule has 23 heavy (non-hydrogen) atoms. The number of ether oxygens (including phenoxy) is 1. The van der Waals surface area contributed by atoms with Crippen LogP contribution in [0.3, 0.4) is 0 Å². The molecule has 0 radical (unpaired) electrons. The van der Waals surface area contributed by atoms with Gasteiger partial charge >= 0.3 is 0 Å². The van der Waals surface area contributed by atoms with Crippen molar-refractivity contribution >= 4 is 22.4 Å². The Kier molecular flexibility index (Phi) is 3.12. The van der Waals surface area contributed by atoms with E-state index < -0.39 is 0 Å². The predicted octanol–water partition coefficient (Wildman–Crippen LogP) is 2.72. The molecule has 1 amide bonds. The van der Waals surface area contributed by atoms with Crippen molar-refractivity contribution in [3.8, 4) is 5.75 Å². The second-order valence-electron chi connectivity index (χ2n) is 5.47. The highest BCUT2D eigenvalue weighted by molar-refractivity contribution is 6.04. The van der Waals surface area contributed by atoms with Crippen LogP contribution in [0.5, 0.6) is 5.75 Å². The van der Waals surface area contributed by atoms with Gasteiger partial charge in [0.25, 0.3) is 11.5 Å². The lowest BCUT2D eigenvalue weighted by atomic mass is 10.1. The maximum absolute atomic E-state index is 12.4. The molecule has 0 saturated heterocycles. The van der Waals surface area contributed by atoms with E-state index in [0.717, 1.165) is 23.1 Å². The van der Waals surface area contributed by atoms with Gasteiger partial charge < -0.3 is 15.0 Å². The van der Waals surface area contributed by atoms with E-state index in [1.807, 2.05) is 24.3 Å². The van der Waals surface area contributed by atoms with Crippen LogP contribution in [0.2, 0.25) is 0 Å². The largest absolute Gasteiger partial charge is 0.493 e. The second-order valence-corrected chi connectivity index (χ2v) is 5.47. The van der Waals surface area contributed by atoms with Crippen molar-refractivity contribution in [1.82, 2.24) is 4.98 Å². The molecule has 114 valence electrons. The molecule has 2 aromatic carbocycles. The quantitative estimate of drug-likeness (QED) is 0.764. The number of amides is 1. The van der Waals surface area contributed by atoms with E-state index in [9.17, 15) is 9.59 Å². The summed E-state index contributed by atoms with van der Waals surface area (Å²) in [6.45, 7) is 0.671. The summed E-state index contributed by atoms with van der Waals surface area (Å²) in [5.41, 5.74) is 1.74. The summed E-state index contributed by atoms with van der Waals surface area (Å²) in [5.74, 6) is 0.522. The minimum absolute atomic E-state index is 0.241. The first-order valence-corrected chi connectivity index (χ1v) is 7.40. The molecule has 3 aromatic rings. The fourth-order valence-corrected chi connectivity index (χ4v) is 2.80. The second kappa shape index (κ2) is 5.28. The molecule has 5 nitrogen and oxygen atoms in total. The SMILES string of the molecule is O=C(Nc1ccc2c(c1)CCO2)c1cc2ccccc2c(=O)[nH]1. The van der Waals surface area contributed by atoms with Crippen molar-refractivity contribution in [2.75, 3.05) is 11.9 Å². The Morgan fingerprint density at radius 2 is 2.00 bits per heavy atom. The molecule has 0 unspecified atom stereocenters. The van der Waals surface area contributed by atoms with Gasteiger partial charge in [-0.05, 0) is 41.3 Å². The smallest absolute Gasteiger partial charge is 0.272 e. The number of carbonyl (C=O) groups is 1. The lowest BCUT2D eigenvalue weighted by Gasteiger charge is -2.07. The van der Waals surface area contributed by atoms with Gasteiger partial charge in [0.15, 0.2) is 0 Å². The summed E-state index contributed by atoms with van der Waals surface area (Å²) in [7, 11) is 0. The number of aromatic nitrogens is 1. The van der Waals surface area contributed by atoms with Gasteiger partial charge in [-0.3, -0.25) is 9.59 Å². The number of aromatic amines is 1. The van der Waals surface area contributed by atoms with Crippen LogP contribution in [-0.2, 0) is 6.42 Å². The Bertz CT molecular complexity index is 975. The van der Waals surface area contributed by atoms with E-state index in [1.54, 1.807) is 24.3 Å². The third-order valence-electron chi connectivity index (χ3n) is 3.95. The Balaban J connectivity index is 1.65. The summed E-state index contributed by atoms with van der Waals surface area (Å²) >= 11 is 0. The third kappa shape index (κ3) is 2.46. The van der Waals surface area contributed by atoms with Crippen LogP contribution >= 0.6 is 0 Å². The van der Waals surface area contributed by atoms with Gasteiger partial charge in [0.2, 0.25) is 0 Å². The van der Waals surface area contributed by atoms with E-state index in [2.05, 4.69) is 10.3 Å². The van der Waals surface area contributed by atoms with E-state index in [4.69, 9.17) is 4.74 Å². The molecule has 1 aliphatic rings. The van der Waals surface area contributed by atoms with Gasteiger partial charge in [-0.25, -0.2) is 0 Å². The number of hydrogen-bond donors (Lipinski definition) is 2. The van der Waals surface area contributed by atoms with Crippen LogP contribution < -0.4 is 15.6 Å². The van der Waals surface area contributed by atoms with Crippen LogP contribution in [0.4, 0.5) is 5.69 Å². The fourth-order valence-electron chi connectivity index (χ4n) is 2.80. The predicted molar refractivity (Wildman–Crippen MR) is 88.2 cm³/mol. The zero-order valence-corrected chi connectivity index (χ0v) is 12.3. The zero-order valence-electron chi connectivity index (χ0n) is 12.3. The van der Waals surface area contributed by atoms with Crippen molar-refractivity contribution in [2.45, 2.75) is 6.42 Å². The minimum atomic E-state index is -0.341. The number of rotatable bonds is 2. The third-order valence-corrected chi connectivity index (χ3v) is 3.95. The van der Waals surface area contributed by atoms with Gasteiger partial charge in [-0.15, -0.1) is 0 Å². The molecule has 0 fully saturated rings. The average Bonchev–Trinajstić information content (AvgIpc) is 3.02. The van der Waals surface area contributed by atoms with Crippen molar-refractivity contribution in [3.05, 3.63) is 70.1 Å².